The molecule has 1 aromatic heterocycles. The maximum absolute atomic E-state index is 12.8. The highest BCUT2D eigenvalue weighted by Crippen LogP contribution is 2.65. The molecule has 1 aromatic rings. The Bertz CT molecular complexity index is 741. The van der Waals surface area contributed by atoms with Crippen LogP contribution in [0.1, 0.15) is 71.3 Å². The van der Waals surface area contributed by atoms with Crippen LogP contribution < -0.4 is 0 Å². The standard InChI is InChI=1S/C22H30N2O2/c1-21-9-8-17-15(16(21)6-7-20(21)26)5-4-14-12-19(25)18(13-22(14,17)2)24-11-3-10-23-24/h3,10-11,14-18H,4-9,12-13H2,1-2H3/t14-,15-,16-,17-,18+,21-,22-/m0/s1. The van der Waals surface area contributed by atoms with Crippen LogP contribution in [0.15, 0.2) is 18.5 Å². The fourth-order valence-corrected chi connectivity index (χ4v) is 7.57. The van der Waals surface area contributed by atoms with Gasteiger partial charge in [0.25, 0.3) is 0 Å². The van der Waals surface area contributed by atoms with Gasteiger partial charge in [-0.25, -0.2) is 0 Å². The zero-order chi connectivity index (χ0) is 18.1. The quantitative estimate of drug-likeness (QED) is 0.759. The first-order valence-electron chi connectivity index (χ1n) is 10.5. The lowest BCUT2D eigenvalue weighted by Crippen LogP contribution is -2.55. The number of carbonyl (C=O) groups is 2. The van der Waals surface area contributed by atoms with Crippen LogP contribution in [-0.4, -0.2) is 21.3 Å². The third-order valence-electron chi connectivity index (χ3n) is 9.07. The summed E-state index contributed by atoms with van der Waals surface area (Å²) in [5.41, 5.74) is 0.149. The van der Waals surface area contributed by atoms with E-state index in [2.05, 4.69) is 18.9 Å². The second-order valence-electron chi connectivity index (χ2n) is 9.95. The summed E-state index contributed by atoms with van der Waals surface area (Å²) in [6.07, 6.45) is 11.9. The molecule has 0 aromatic carbocycles. The van der Waals surface area contributed by atoms with Gasteiger partial charge in [-0.15, -0.1) is 0 Å². The first kappa shape index (κ1) is 16.7. The van der Waals surface area contributed by atoms with Gasteiger partial charge in [0, 0.05) is 30.7 Å². The lowest BCUT2D eigenvalue weighted by atomic mass is 9.45. The Hall–Kier alpha value is -1.45. The van der Waals surface area contributed by atoms with E-state index in [-0.39, 0.29) is 16.9 Å². The zero-order valence-electron chi connectivity index (χ0n) is 16.0. The average molecular weight is 354 g/mol. The number of nitrogens with zero attached hydrogens (tertiary/aromatic N) is 2. The summed E-state index contributed by atoms with van der Waals surface area (Å²) >= 11 is 0. The van der Waals surface area contributed by atoms with Crippen molar-refractivity contribution in [2.75, 3.05) is 0 Å². The third-order valence-corrected chi connectivity index (χ3v) is 9.07. The second-order valence-corrected chi connectivity index (χ2v) is 9.95. The zero-order valence-corrected chi connectivity index (χ0v) is 16.0. The average Bonchev–Trinajstić information content (AvgIpc) is 3.24. The van der Waals surface area contributed by atoms with Crippen molar-refractivity contribution in [1.82, 2.24) is 9.78 Å². The predicted molar refractivity (Wildman–Crippen MR) is 98.4 cm³/mol. The van der Waals surface area contributed by atoms with Gasteiger partial charge in [0.2, 0.25) is 0 Å². The minimum Gasteiger partial charge on any atom is -0.299 e. The highest BCUT2D eigenvalue weighted by Gasteiger charge is 2.61. The number of hydrogen-bond donors (Lipinski definition) is 0. The van der Waals surface area contributed by atoms with Crippen LogP contribution in [-0.2, 0) is 9.59 Å². The molecule has 0 bridgehead atoms. The summed E-state index contributed by atoms with van der Waals surface area (Å²) in [4.78, 5) is 25.4. The van der Waals surface area contributed by atoms with Crippen molar-refractivity contribution in [2.24, 2.45) is 34.5 Å². The smallest absolute Gasteiger partial charge is 0.157 e. The molecular formula is C22H30N2O2. The van der Waals surface area contributed by atoms with Gasteiger partial charge in [-0.1, -0.05) is 13.8 Å². The van der Waals surface area contributed by atoms with Crippen molar-refractivity contribution >= 4 is 11.6 Å². The van der Waals surface area contributed by atoms with Crippen LogP contribution in [0.25, 0.3) is 0 Å². The van der Waals surface area contributed by atoms with E-state index in [0.29, 0.717) is 41.7 Å². The van der Waals surface area contributed by atoms with Crippen LogP contribution in [0.2, 0.25) is 0 Å². The minimum atomic E-state index is -0.0940. The third kappa shape index (κ3) is 2.10. The molecule has 4 fully saturated rings. The number of ketones is 2. The summed E-state index contributed by atoms with van der Waals surface area (Å²) in [5, 5.41) is 4.39. The van der Waals surface area contributed by atoms with E-state index in [9.17, 15) is 9.59 Å². The molecule has 4 heteroatoms. The fraction of sp³-hybridized carbons (Fsp3) is 0.773. The van der Waals surface area contributed by atoms with Crippen molar-refractivity contribution in [3.63, 3.8) is 0 Å². The van der Waals surface area contributed by atoms with E-state index in [1.165, 1.54) is 6.42 Å². The Morgan fingerprint density at radius 3 is 2.73 bits per heavy atom. The Balaban J connectivity index is 1.48. The molecule has 4 aliphatic rings. The molecule has 0 amide bonds. The van der Waals surface area contributed by atoms with Crippen LogP contribution in [0, 0.1) is 34.5 Å². The molecule has 0 N–H and O–H groups in total. The number of rotatable bonds is 1. The Labute approximate surface area is 155 Å². The molecule has 4 aliphatic carbocycles. The van der Waals surface area contributed by atoms with E-state index in [4.69, 9.17) is 0 Å². The number of aromatic nitrogens is 2. The molecular weight excluding hydrogens is 324 g/mol. The molecule has 0 aliphatic heterocycles. The minimum absolute atomic E-state index is 0.0593. The van der Waals surface area contributed by atoms with Gasteiger partial charge < -0.3 is 0 Å². The molecule has 0 spiro atoms. The number of hydrogen-bond acceptors (Lipinski definition) is 3. The SMILES string of the molecule is C[C@]12C[C@@H](n3cccn3)C(=O)C[C@@H]1CC[C@@H]1[C@@H]2CC[C@]2(C)C(=O)CC[C@@H]12. The maximum Gasteiger partial charge on any atom is 0.157 e. The monoisotopic (exact) mass is 354 g/mol. The maximum atomic E-state index is 12.8. The Kier molecular flexibility index (Phi) is 3.55. The number of Topliss-reactive ketones (excluding diaryl/α,β-unsaturated/α-hetero) is 2. The van der Waals surface area contributed by atoms with E-state index in [0.717, 1.165) is 38.5 Å². The van der Waals surface area contributed by atoms with Gasteiger partial charge in [0.15, 0.2) is 5.78 Å². The van der Waals surface area contributed by atoms with E-state index >= 15 is 0 Å². The van der Waals surface area contributed by atoms with Gasteiger partial charge >= 0.3 is 0 Å². The molecule has 7 atom stereocenters. The van der Waals surface area contributed by atoms with E-state index in [1.54, 1.807) is 6.20 Å². The van der Waals surface area contributed by atoms with Crippen LogP contribution in [0.4, 0.5) is 0 Å². The fourth-order valence-electron chi connectivity index (χ4n) is 7.57. The summed E-state index contributed by atoms with van der Waals surface area (Å²) in [6.45, 7) is 4.70. The van der Waals surface area contributed by atoms with Gasteiger partial charge in [-0.3, -0.25) is 14.3 Å². The van der Waals surface area contributed by atoms with Crippen LogP contribution in [0.3, 0.4) is 0 Å². The van der Waals surface area contributed by atoms with E-state index < -0.39 is 0 Å². The first-order chi connectivity index (χ1) is 12.4. The molecule has 4 nitrogen and oxygen atoms in total. The lowest BCUT2D eigenvalue weighted by molar-refractivity contribution is -0.149. The number of carbonyl (C=O) groups excluding carboxylic acids is 2. The topological polar surface area (TPSA) is 52.0 Å². The highest BCUT2D eigenvalue weighted by atomic mass is 16.1. The second kappa shape index (κ2) is 5.53. The van der Waals surface area contributed by atoms with Gasteiger partial charge in [0.1, 0.15) is 11.8 Å². The molecule has 0 saturated heterocycles. The predicted octanol–water partition coefficient (Wildman–Crippen LogP) is 4.22. The molecule has 0 radical (unpaired) electrons. The summed E-state index contributed by atoms with van der Waals surface area (Å²) in [7, 11) is 0. The largest absolute Gasteiger partial charge is 0.299 e. The van der Waals surface area contributed by atoms with Crippen molar-refractivity contribution < 1.29 is 9.59 Å². The van der Waals surface area contributed by atoms with Gasteiger partial charge in [-0.2, -0.15) is 5.10 Å². The molecule has 26 heavy (non-hydrogen) atoms. The lowest BCUT2D eigenvalue weighted by Gasteiger charge is -2.60. The Morgan fingerprint density at radius 1 is 1.12 bits per heavy atom. The molecule has 5 rings (SSSR count). The highest BCUT2D eigenvalue weighted by molar-refractivity contribution is 5.87. The summed E-state index contributed by atoms with van der Waals surface area (Å²) < 4.78 is 1.89. The molecule has 140 valence electrons. The molecule has 0 unspecified atom stereocenters. The number of fused-ring (bicyclic) bond motifs is 5. The van der Waals surface area contributed by atoms with Crippen molar-refractivity contribution in [3.8, 4) is 0 Å². The Morgan fingerprint density at radius 2 is 1.96 bits per heavy atom. The van der Waals surface area contributed by atoms with Crippen molar-refractivity contribution in [1.29, 1.82) is 0 Å². The van der Waals surface area contributed by atoms with Crippen molar-refractivity contribution in [2.45, 2.75) is 71.3 Å². The molecule has 1 heterocycles. The van der Waals surface area contributed by atoms with E-state index in [1.807, 2.05) is 16.9 Å². The summed E-state index contributed by atoms with van der Waals surface area (Å²) in [5.74, 6) is 3.31. The van der Waals surface area contributed by atoms with Crippen LogP contribution in [0.5, 0.6) is 0 Å². The van der Waals surface area contributed by atoms with Gasteiger partial charge in [-0.05, 0) is 73.7 Å². The summed E-state index contributed by atoms with van der Waals surface area (Å²) in [6, 6.07) is 1.82. The normalized spacial score (nSPS) is 48.0. The van der Waals surface area contributed by atoms with Gasteiger partial charge in [0.05, 0.1) is 0 Å². The van der Waals surface area contributed by atoms with Crippen molar-refractivity contribution in [3.05, 3.63) is 18.5 Å². The molecule has 4 saturated carbocycles. The first-order valence-corrected chi connectivity index (χ1v) is 10.5. The van der Waals surface area contributed by atoms with Crippen LogP contribution >= 0.6 is 0 Å².